The lowest BCUT2D eigenvalue weighted by atomic mass is 10.1. The molecule has 1 rings (SSSR count). The number of aryl methyl sites for hydroxylation is 1. The second kappa shape index (κ2) is 9.87. The number of Topliss-reactive ketones (excluding diaryl/α,β-unsaturated/α-hetero) is 1. The van der Waals surface area contributed by atoms with Gasteiger partial charge in [0.2, 0.25) is 5.90 Å². The highest BCUT2D eigenvalue weighted by Gasteiger charge is 2.19. The minimum absolute atomic E-state index is 0.0696. The zero-order valence-electron chi connectivity index (χ0n) is 15.0. The van der Waals surface area contributed by atoms with Gasteiger partial charge in [-0.25, -0.2) is 0 Å². The van der Waals surface area contributed by atoms with Gasteiger partial charge < -0.3 is 4.74 Å². The summed E-state index contributed by atoms with van der Waals surface area (Å²) in [6.45, 7) is 7.46. The molecule has 0 bridgehead atoms. The quantitative estimate of drug-likeness (QED) is 0.345. The predicted molar refractivity (Wildman–Crippen MR) is 104 cm³/mol. The predicted octanol–water partition coefficient (Wildman–Crippen LogP) is 4.55. The fourth-order valence-electron chi connectivity index (χ4n) is 1.96. The van der Waals surface area contributed by atoms with Crippen molar-refractivity contribution in [3.05, 3.63) is 39.9 Å². The number of ether oxygens (including phenoxy) is 1. The van der Waals surface area contributed by atoms with Gasteiger partial charge in [-0.15, -0.1) is 4.40 Å². The molecule has 0 N–H and O–H groups in total. The molecule has 25 heavy (non-hydrogen) atoms. The zero-order valence-corrected chi connectivity index (χ0v) is 17.4. The third kappa shape index (κ3) is 6.40. The summed E-state index contributed by atoms with van der Waals surface area (Å²) < 4.78 is 34.5. The first kappa shape index (κ1) is 21.6. The van der Waals surface area contributed by atoms with Gasteiger partial charge in [0.05, 0.1) is 16.0 Å². The molecular formula is C18H24BrNO4S. The molecule has 5 nitrogen and oxygen atoms in total. The van der Waals surface area contributed by atoms with Crippen LogP contribution in [0, 0.1) is 6.92 Å². The molecule has 0 aliphatic carbocycles. The van der Waals surface area contributed by atoms with Crippen LogP contribution in [0.2, 0.25) is 0 Å². The van der Waals surface area contributed by atoms with E-state index in [4.69, 9.17) is 4.74 Å². The van der Waals surface area contributed by atoms with E-state index in [0.717, 1.165) is 18.4 Å². The summed E-state index contributed by atoms with van der Waals surface area (Å²) in [5, 5.41) is 0. The molecule has 1 aromatic rings. The number of sulfonamides is 1. The molecule has 0 fully saturated rings. The van der Waals surface area contributed by atoms with Crippen LogP contribution in [0.1, 0.15) is 45.6 Å². The summed E-state index contributed by atoms with van der Waals surface area (Å²) in [6.07, 6.45) is 2.06. The molecule has 0 saturated heterocycles. The number of hydrogen-bond acceptors (Lipinski definition) is 4. The van der Waals surface area contributed by atoms with E-state index in [9.17, 15) is 13.2 Å². The van der Waals surface area contributed by atoms with E-state index in [-0.39, 0.29) is 23.2 Å². The minimum atomic E-state index is -3.92. The fraction of sp³-hybridized carbons (Fsp3) is 0.444. The van der Waals surface area contributed by atoms with E-state index < -0.39 is 10.0 Å². The van der Waals surface area contributed by atoms with Crippen molar-refractivity contribution in [2.45, 2.75) is 51.9 Å². The van der Waals surface area contributed by atoms with Crippen molar-refractivity contribution < 1.29 is 17.9 Å². The first-order valence-corrected chi connectivity index (χ1v) is 10.4. The lowest BCUT2D eigenvalue weighted by Crippen LogP contribution is -2.13. The van der Waals surface area contributed by atoms with Crippen LogP contribution >= 0.6 is 15.9 Å². The summed E-state index contributed by atoms with van der Waals surface area (Å²) in [5.74, 6) is -0.167. The molecule has 0 spiro atoms. The second-order valence-electron chi connectivity index (χ2n) is 5.58. The van der Waals surface area contributed by atoms with Gasteiger partial charge in [-0.3, -0.25) is 4.79 Å². The number of allylic oxidation sites excluding steroid dienone is 1. The molecule has 1 aromatic carbocycles. The smallest absolute Gasteiger partial charge is 0.285 e. The van der Waals surface area contributed by atoms with Crippen molar-refractivity contribution in [3.63, 3.8) is 0 Å². The maximum Gasteiger partial charge on any atom is 0.285 e. The van der Waals surface area contributed by atoms with Crippen LogP contribution in [-0.4, -0.2) is 26.7 Å². The van der Waals surface area contributed by atoms with Gasteiger partial charge in [-0.1, -0.05) is 31.0 Å². The van der Waals surface area contributed by atoms with E-state index in [1.54, 1.807) is 26.0 Å². The number of carbonyl (C=O) groups is 1. The molecule has 0 saturated carbocycles. The summed E-state index contributed by atoms with van der Waals surface area (Å²) in [5.41, 5.74) is 1.33. The van der Waals surface area contributed by atoms with Gasteiger partial charge in [0.15, 0.2) is 5.78 Å². The van der Waals surface area contributed by atoms with Crippen molar-refractivity contribution in [1.29, 1.82) is 0 Å². The van der Waals surface area contributed by atoms with Crippen molar-refractivity contribution >= 4 is 37.6 Å². The Balaban J connectivity index is 3.26. The molecule has 138 valence electrons. The van der Waals surface area contributed by atoms with Gasteiger partial charge >= 0.3 is 0 Å². The highest BCUT2D eigenvalue weighted by Crippen LogP contribution is 2.21. The number of nitrogens with zero attached hydrogens (tertiary/aromatic N) is 1. The Morgan fingerprint density at radius 2 is 1.80 bits per heavy atom. The van der Waals surface area contributed by atoms with Crippen LogP contribution in [0.15, 0.2) is 43.6 Å². The summed E-state index contributed by atoms with van der Waals surface area (Å²) in [6, 6.07) is 6.40. The van der Waals surface area contributed by atoms with Crippen molar-refractivity contribution in [2.75, 3.05) is 6.61 Å². The molecule has 0 amide bonds. The average Bonchev–Trinajstić information content (AvgIpc) is 2.58. The molecule has 0 radical (unpaired) electrons. The van der Waals surface area contributed by atoms with Gasteiger partial charge in [0.25, 0.3) is 10.0 Å². The third-order valence-electron chi connectivity index (χ3n) is 3.46. The number of ketones is 1. The molecule has 0 aromatic heterocycles. The average molecular weight is 430 g/mol. The Kier molecular flexibility index (Phi) is 8.52. The number of halogens is 1. The molecule has 0 atom stereocenters. The van der Waals surface area contributed by atoms with E-state index in [2.05, 4.69) is 20.3 Å². The second-order valence-corrected chi connectivity index (χ2v) is 7.98. The zero-order chi connectivity index (χ0) is 19.0. The maximum atomic E-state index is 12.5. The first-order chi connectivity index (χ1) is 11.7. The molecule has 0 aliphatic heterocycles. The lowest BCUT2D eigenvalue weighted by molar-refractivity contribution is -0.115. The van der Waals surface area contributed by atoms with Crippen LogP contribution in [-0.2, 0) is 19.6 Å². The van der Waals surface area contributed by atoms with E-state index in [1.807, 2.05) is 13.8 Å². The van der Waals surface area contributed by atoms with Crippen LogP contribution in [0.3, 0.4) is 0 Å². The number of hydrogen-bond donors (Lipinski definition) is 0. The largest absolute Gasteiger partial charge is 0.477 e. The van der Waals surface area contributed by atoms with Crippen LogP contribution in [0.5, 0.6) is 0 Å². The van der Waals surface area contributed by atoms with Crippen molar-refractivity contribution in [2.24, 2.45) is 4.40 Å². The van der Waals surface area contributed by atoms with Crippen LogP contribution < -0.4 is 0 Å². The normalized spacial score (nSPS) is 13.4. The SMILES string of the molecule is CCCCC(=O)/C(Br)=C(C)\C(=N\S(=O)(=O)c1ccc(C)cc1)OCC. The van der Waals surface area contributed by atoms with Gasteiger partial charge in [0.1, 0.15) is 0 Å². The van der Waals surface area contributed by atoms with E-state index >= 15 is 0 Å². The highest BCUT2D eigenvalue weighted by molar-refractivity contribution is 9.12. The fourth-order valence-corrected chi connectivity index (χ4v) is 3.32. The topological polar surface area (TPSA) is 72.8 Å². The maximum absolute atomic E-state index is 12.5. The third-order valence-corrected chi connectivity index (χ3v) is 5.77. The van der Waals surface area contributed by atoms with Crippen molar-refractivity contribution in [1.82, 2.24) is 0 Å². The molecular weight excluding hydrogens is 406 g/mol. The van der Waals surface area contributed by atoms with Crippen LogP contribution in [0.25, 0.3) is 0 Å². The molecule has 0 aliphatic rings. The van der Waals surface area contributed by atoms with Crippen LogP contribution in [0.4, 0.5) is 0 Å². The summed E-state index contributed by atoms with van der Waals surface area (Å²) in [4.78, 5) is 12.2. The highest BCUT2D eigenvalue weighted by atomic mass is 79.9. The Hall–Kier alpha value is -1.47. The Bertz CT molecular complexity index is 765. The summed E-state index contributed by atoms with van der Waals surface area (Å²) in [7, 11) is -3.92. The first-order valence-electron chi connectivity index (χ1n) is 8.17. The van der Waals surface area contributed by atoms with E-state index in [0.29, 0.717) is 16.5 Å². The van der Waals surface area contributed by atoms with Gasteiger partial charge in [0, 0.05) is 12.0 Å². The Morgan fingerprint density at radius 1 is 1.20 bits per heavy atom. The Labute approximate surface area is 158 Å². The van der Waals surface area contributed by atoms with E-state index in [1.165, 1.54) is 12.1 Å². The lowest BCUT2D eigenvalue weighted by Gasteiger charge is -2.10. The molecule has 0 unspecified atom stereocenters. The summed E-state index contributed by atoms with van der Waals surface area (Å²) >= 11 is 3.26. The number of carbonyl (C=O) groups excluding carboxylic acids is 1. The van der Waals surface area contributed by atoms with Gasteiger partial charge in [-0.05, 0) is 55.3 Å². The Morgan fingerprint density at radius 3 is 2.32 bits per heavy atom. The number of benzene rings is 1. The minimum Gasteiger partial charge on any atom is -0.477 e. The van der Waals surface area contributed by atoms with Gasteiger partial charge in [-0.2, -0.15) is 8.42 Å². The molecule has 7 heteroatoms. The number of rotatable bonds is 8. The monoisotopic (exact) mass is 429 g/mol. The number of unbranched alkanes of at least 4 members (excludes halogenated alkanes) is 1. The standard InChI is InChI=1S/C18H24BrNO4S/c1-5-7-8-16(21)17(19)14(4)18(24-6-2)20-25(22,23)15-11-9-13(3)10-12-15/h9-12H,5-8H2,1-4H3/b17-14+,20-18-. The van der Waals surface area contributed by atoms with Crippen molar-refractivity contribution in [3.8, 4) is 0 Å². The molecule has 0 heterocycles.